The van der Waals surface area contributed by atoms with Crippen molar-refractivity contribution in [3.63, 3.8) is 0 Å². The van der Waals surface area contributed by atoms with Crippen LogP contribution in [-0.2, 0) is 4.79 Å². The molecule has 1 rings (SSSR count). The van der Waals surface area contributed by atoms with Gasteiger partial charge in [0.2, 0.25) is 5.91 Å². The van der Waals surface area contributed by atoms with Gasteiger partial charge in [0.15, 0.2) is 0 Å². The number of aromatic nitrogens is 1. The quantitative estimate of drug-likeness (QED) is 0.870. The Morgan fingerprint density at radius 2 is 2.20 bits per heavy atom. The summed E-state index contributed by atoms with van der Waals surface area (Å²) in [5, 5.41) is 2.05. The Kier molecular flexibility index (Phi) is 4.54. The molecule has 0 fully saturated rings. The first-order chi connectivity index (χ1) is 7.00. The fourth-order valence-electron chi connectivity index (χ4n) is 1.08. The molecule has 0 radical (unpaired) electrons. The summed E-state index contributed by atoms with van der Waals surface area (Å²) < 4.78 is 0.808. The third-order valence-corrected chi connectivity index (χ3v) is 2.56. The van der Waals surface area contributed by atoms with Gasteiger partial charge in [0.05, 0.1) is 0 Å². The number of nitrogens with one attached hydrogen (secondary N) is 1. The second kappa shape index (κ2) is 5.47. The van der Waals surface area contributed by atoms with Gasteiger partial charge < -0.3 is 5.32 Å². The lowest BCUT2D eigenvalue weighted by Crippen LogP contribution is -2.32. The zero-order chi connectivity index (χ0) is 11.4. The molecular formula is C10H12BrClN2O. The molecule has 1 N–H and O–H groups in total. The van der Waals surface area contributed by atoms with Gasteiger partial charge in [-0.1, -0.05) is 0 Å². The van der Waals surface area contributed by atoms with Crippen LogP contribution in [0.1, 0.15) is 24.8 Å². The van der Waals surface area contributed by atoms with Gasteiger partial charge in [-0.3, -0.25) is 9.78 Å². The van der Waals surface area contributed by atoms with Crippen LogP contribution in [0.3, 0.4) is 0 Å². The maximum Gasteiger partial charge on any atom is 0.242 e. The van der Waals surface area contributed by atoms with Crippen LogP contribution < -0.4 is 5.32 Å². The molecule has 1 heterocycles. The Bertz CT molecular complexity index is 357. The molecule has 3 nitrogen and oxygen atoms in total. The molecule has 0 spiro atoms. The maximum atomic E-state index is 11.6. The van der Waals surface area contributed by atoms with Gasteiger partial charge in [0, 0.05) is 22.9 Å². The molecule has 0 aliphatic heterocycles. The minimum absolute atomic E-state index is 0.0823. The van der Waals surface area contributed by atoms with Gasteiger partial charge in [0.25, 0.3) is 0 Å². The lowest BCUT2D eigenvalue weighted by molar-refractivity contribution is -0.121. The minimum Gasteiger partial charge on any atom is -0.352 e. The van der Waals surface area contributed by atoms with Crippen LogP contribution >= 0.6 is 27.5 Å². The first kappa shape index (κ1) is 12.5. The number of nitrogens with zero attached hydrogens (tertiary/aromatic N) is 1. The molecule has 0 aliphatic carbocycles. The molecule has 0 bridgehead atoms. The fraction of sp³-hybridized carbons (Fsp3) is 0.400. The van der Waals surface area contributed by atoms with Crippen LogP contribution in [0.4, 0.5) is 0 Å². The standard InChI is InChI=1S/C10H12BrClN2O/c1-6(2)14-10(15)9(12)7-3-8(11)5-13-4-7/h3-6,9H,1-2H3,(H,14,15). The van der Waals surface area contributed by atoms with E-state index in [9.17, 15) is 4.79 Å². The molecule has 1 amide bonds. The number of hydrogen-bond acceptors (Lipinski definition) is 2. The molecule has 0 aliphatic rings. The Balaban J connectivity index is 2.76. The van der Waals surface area contributed by atoms with Crippen molar-refractivity contribution in [1.29, 1.82) is 0 Å². The lowest BCUT2D eigenvalue weighted by Gasteiger charge is -2.12. The molecular weight excluding hydrogens is 279 g/mol. The van der Waals surface area contributed by atoms with Crippen LogP contribution in [0.25, 0.3) is 0 Å². The zero-order valence-corrected chi connectivity index (χ0v) is 10.8. The summed E-state index contributed by atoms with van der Waals surface area (Å²) in [5.74, 6) is -0.202. The Morgan fingerprint density at radius 1 is 1.53 bits per heavy atom. The Labute approximate surface area is 102 Å². The molecule has 5 heteroatoms. The van der Waals surface area contributed by atoms with Crippen LogP contribution in [0.2, 0.25) is 0 Å². The van der Waals surface area contributed by atoms with E-state index >= 15 is 0 Å². The number of amides is 1. The van der Waals surface area contributed by atoms with Crippen LogP contribution in [0.5, 0.6) is 0 Å². The van der Waals surface area contributed by atoms with E-state index in [0.29, 0.717) is 5.56 Å². The van der Waals surface area contributed by atoms with Gasteiger partial charge in [-0.05, 0) is 41.4 Å². The average molecular weight is 292 g/mol. The third kappa shape index (κ3) is 3.80. The zero-order valence-electron chi connectivity index (χ0n) is 8.50. The summed E-state index contributed by atoms with van der Waals surface area (Å²) >= 11 is 9.28. The van der Waals surface area contributed by atoms with Gasteiger partial charge in [-0.25, -0.2) is 0 Å². The van der Waals surface area contributed by atoms with Crippen molar-refractivity contribution in [3.05, 3.63) is 28.5 Å². The highest BCUT2D eigenvalue weighted by Crippen LogP contribution is 2.22. The predicted molar refractivity (Wildman–Crippen MR) is 63.8 cm³/mol. The number of hydrogen-bond donors (Lipinski definition) is 1. The Morgan fingerprint density at radius 3 is 2.73 bits per heavy atom. The van der Waals surface area contributed by atoms with Crippen molar-refractivity contribution in [1.82, 2.24) is 10.3 Å². The Hall–Kier alpha value is -0.610. The highest BCUT2D eigenvalue weighted by molar-refractivity contribution is 9.10. The fourth-order valence-corrected chi connectivity index (χ4v) is 1.64. The highest BCUT2D eigenvalue weighted by Gasteiger charge is 2.18. The van der Waals surface area contributed by atoms with Crippen molar-refractivity contribution in [2.45, 2.75) is 25.3 Å². The molecule has 0 saturated carbocycles. The number of carbonyl (C=O) groups excluding carboxylic acids is 1. The summed E-state index contributed by atoms with van der Waals surface area (Å²) in [5.41, 5.74) is 0.684. The summed E-state index contributed by atoms with van der Waals surface area (Å²) in [7, 11) is 0. The number of halogens is 2. The second-order valence-electron chi connectivity index (χ2n) is 3.46. The van der Waals surface area contributed by atoms with Crippen LogP contribution in [0.15, 0.2) is 22.9 Å². The number of pyridine rings is 1. The van der Waals surface area contributed by atoms with Crippen molar-refractivity contribution >= 4 is 33.4 Å². The van der Waals surface area contributed by atoms with Gasteiger partial charge >= 0.3 is 0 Å². The molecule has 82 valence electrons. The molecule has 1 aromatic rings. The van der Waals surface area contributed by atoms with E-state index in [2.05, 4.69) is 26.2 Å². The molecule has 1 unspecified atom stereocenters. The smallest absolute Gasteiger partial charge is 0.242 e. The van der Waals surface area contributed by atoms with E-state index in [-0.39, 0.29) is 11.9 Å². The van der Waals surface area contributed by atoms with Crippen molar-refractivity contribution < 1.29 is 4.79 Å². The number of alkyl halides is 1. The molecule has 1 aromatic heterocycles. The highest BCUT2D eigenvalue weighted by atomic mass is 79.9. The number of carbonyl (C=O) groups is 1. The first-order valence-corrected chi connectivity index (χ1v) is 5.78. The van der Waals surface area contributed by atoms with E-state index < -0.39 is 5.38 Å². The molecule has 15 heavy (non-hydrogen) atoms. The number of rotatable bonds is 3. The van der Waals surface area contributed by atoms with E-state index in [4.69, 9.17) is 11.6 Å². The van der Waals surface area contributed by atoms with Gasteiger partial charge in [0.1, 0.15) is 5.38 Å². The van der Waals surface area contributed by atoms with Crippen molar-refractivity contribution in [2.24, 2.45) is 0 Å². The van der Waals surface area contributed by atoms with E-state index in [1.54, 1.807) is 18.5 Å². The minimum atomic E-state index is -0.697. The van der Waals surface area contributed by atoms with Gasteiger partial charge in [-0.2, -0.15) is 0 Å². The monoisotopic (exact) mass is 290 g/mol. The second-order valence-corrected chi connectivity index (χ2v) is 4.81. The SMILES string of the molecule is CC(C)NC(=O)C(Cl)c1cncc(Br)c1. The average Bonchev–Trinajstić information content (AvgIpc) is 2.15. The normalized spacial score (nSPS) is 12.6. The van der Waals surface area contributed by atoms with Crippen molar-refractivity contribution in [2.75, 3.05) is 0 Å². The predicted octanol–water partition coefficient (Wildman–Crippen LogP) is 2.65. The lowest BCUT2D eigenvalue weighted by atomic mass is 10.2. The maximum absolute atomic E-state index is 11.6. The topological polar surface area (TPSA) is 42.0 Å². The summed E-state index contributed by atoms with van der Waals surface area (Å²) in [4.78, 5) is 15.5. The summed E-state index contributed by atoms with van der Waals surface area (Å²) in [6.45, 7) is 3.78. The summed E-state index contributed by atoms with van der Waals surface area (Å²) in [6, 6.07) is 1.86. The van der Waals surface area contributed by atoms with Crippen LogP contribution in [-0.4, -0.2) is 16.9 Å². The molecule has 0 saturated heterocycles. The van der Waals surface area contributed by atoms with E-state index in [1.165, 1.54) is 0 Å². The van der Waals surface area contributed by atoms with Crippen LogP contribution in [0, 0.1) is 0 Å². The first-order valence-electron chi connectivity index (χ1n) is 4.55. The molecule has 0 aromatic carbocycles. The van der Waals surface area contributed by atoms with E-state index in [1.807, 2.05) is 13.8 Å². The largest absolute Gasteiger partial charge is 0.352 e. The third-order valence-electron chi connectivity index (χ3n) is 1.68. The van der Waals surface area contributed by atoms with Gasteiger partial charge in [-0.15, -0.1) is 11.6 Å². The van der Waals surface area contributed by atoms with Crippen molar-refractivity contribution in [3.8, 4) is 0 Å². The molecule has 1 atom stereocenters. The summed E-state index contributed by atoms with van der Waals surface area (Å²) in [6.07, 6.45) is 3.23. The van der Waals surface area contributed by atoms with E-state index in [0.717, 1.165) is 4.47 Å².